The molecule has 3 aliphatic rings. The predicted molar refractivity (Wildman–Crippen MR) is 168 cm³/mol. The average Bonchev–Trinajstić information content (AvgIpc) is 2.84. The van der Waals surface area contributed by atoms with Crippen LogP contribution in [-0.2, 0) is 14.4 Å². The standard InChI is InChI=1S/C32H33Br2ClN2O4/c1-31(2)12-22-28(24(38)14-31)27(29-23(37(22)5)13-32(3,4)15-25(29)39)20-10-17(33)11-21(34)30(20)41-16-26(40)36-19-8-6-18(35)7-9-19/h6-11,27H,12-16H2,1-5H3,(H,36,40). The number of nitrogens with zero attached hydrogens (tertiary/aromatic N) is 1. The number of carbonyl (C=O) groups is 3. The Bertz CT molecular complexity index is 1470. The Hall–Kier alpha value is -2.42. The van der Waals surface area contributed by atoms with Crippen molar-refractivity contribution in [2.45, 2.75) is 59.3 Å². The molecule has 0 spiro atoms. The largest absolute Gasteiger partial charge is 0.482 e. The van der Waals surface area contributed by atoms with Crippen LogP contribution in [0.1, 0.15) is 64.9 Å². The van der Waals surface area contributed by atoms with Crippen molar-refractivity contribution < 1.29 is 19.1 Å². The van der Waals surface area contributed by atoms with Crippen LogP contribution in [0.25, 0.3) is 0 Å². The Morgan fingerprint density at radius 3 is 2.02 bits per heavy atom. The molecule has 0 saturated carbocycles. The SMILES string of the molecule is CN1C2=C(C(=O)CC(C)(C)C2)C(c2cc(Br)cc(Br)c2OCC(=O)Nc2ccc(Cl)cc2)C2=C1CC(C)(C)CC2=O. The van der Waals surface area contributed by atoms with Gasteiger partial charge in [-0.1, -0.05) is 55.2 Å². The van der Waals surface area contributed by atoms with Gasteiger partial charge in [0.1, 0.15) is 5.75 Å². The van der Waals surface area contributed by atoms with E-state index in [9.17, 15) is 14.4 Å². The lowest BCUT2D eigenvalue weighted by Gasteiger charge is -2.48. The zero-order chi connectivity index (χ0) is 29.9. The summed E-state index contributed by atoms with van der Waals surface area (Å²) in [6.45, 7) is 8.19. The molecule has 6 nitrogen and oxygen atoms in total. The summed E-state index contributed by atoms with van der Waals surface area (Å²) < 4.78 is 7.58. The van der Waals surface area contributed by atoms with Crippen LogP contribution >= 0.6 is 43.5 Å². The number of ether oxygens (including phenoxy) is 1. The molecule has 2 aliphatic carbocycles. The second-order valence-corrected chi connectivity index (χ2v) is 15.0. The summed E-state index contributed by atoms with van der Waals surface area (Å²) in [4.78, 5) is 42.8. The van der Waals surface area contributed by atoms with E-state index < -0.39 is 5.92 Å². The van der Waals surface area contributed by atoms with E-state index in [0.717, 1.165) is 28.7 Å². The molecular formula is C32H33Br2ClN2O4. The van der Waals surface area contributed by atoms with Gasteiger partial charge in [-0.05, 0) is 76.0 Å². The number of carbonyl (C=O) groups excluding carboxylic acids is 3. The van der Waals surface area contributed by atoms with Gasteiger partial charge in [0.05, 0.1) is 4.47 Å². The van der Waals surface area contributed by atoms with Crippen molar-refractivity contribution in [1.82, 2.24) is 4.90 Å². The number of allylic oxidation sites excluding steroid dienone is 4. The van der Waals surface area contributed by atoms with Gasteiger partial charge in [0.2, 0.25) is 0 Å². The molecule has 0 bridgehead atoms. The molecule has 0 aromatic heterocycles. The zero-order valence-electron chi connectivity index (χ0n) is 23.8. The molecule has 41 heavy (non-hydrogen) atoms. The summed E-state index contributed by atoms with van der Waals surface area (Å²) in [7, 11) is 1.99. The van der Waals surface area contributed by atoms with Gasteiger partial charge in [-0.2, -0.15) is 0 Å². The fourth-order valence-corrected chi connectivity index (χ4v) is 7.79. The molecule has 2 aromatic carbocycles. The first-order valence-corrected chi connectivity index (χ1v) is 15.6. The van der Waals surface area contributed by atoms with E-state index in [1.165, 1.54) is 0 Å². The van der Waals surface area contributed by atoms with Gasteiger partial charge in [-0.25, -0.2) is 0 Å². The highest BCUT2D eigenvalue weighted by atomic mass is 79.9. The minimum atomic E-state index is -0.591. The molecule has 1 N–H and O–H groups in total. The fraction of sp³-hybridized carbons (Fsp3) is 0.406. The lowest BCUT2D eigenvalue weighted by Crippen LogP contribution is -2.43. The van der Waals surface area contributed by atoms with Crippen molar-refractivity contribution >= 4 is 66.6 Å². The monoisotopic (exact) mass is 702 g/mol. The number of anilines is 1. The maximum absolute atomic E-state index is 13.9. The molecule has 2 aromatic rings. The molecule has 5 rings (SSSR count). The zero-order valence-corrected chi connectivity index (χ0v) is 27.7. The van der Waals surface area contributed by atoms with E-state index in [-0.39, 0.29) is 34.9 Å². The van der Waals surface area contributed by atoms with E-state index >= 15 is 0 Å². The number of hydrogen-bond acceptors (Lipinski definition) is 5. The number of amides is 1. The Kier molecular flexibility index (Phi) is 8.07. The number of Topliss-reactive ketones (excluding diaryl/α,β-unsaturated/α-hetero) is 2. The molecule has 1 amide bonds. The third kappa shape index (κ3) is 6.06. The first-order valence-electron chi connectivity index (χ1n) is 13.6. The van der Waals surface area contributed by atoms with E-state index in [2.05, 4.69) is 69.8 Å². The summed E-state index contributed by atoms with van der Waals surface area (Å²) in [6, 6.07) is 10.6. The number of benzene rings is 2. The highest BCUT2D eigenvalue weighted by molar-refractivity contribution is 9.11. The second kappa shape index (κ2) is 11.0. The Balaban J connectivity index is 1.60. The molecule has 0 unspecified atom stereocenters. The number of halogens is 3. The van der Waals surface area contributed by atoms with Crippen LogP contribution in [0.3, 0.4) is 0 Å². The van der Waals surface area contributed by atoms with Crippen molar-refractivity contribution in [2.24, 2.45) is 10.8 Å². The lowest BCUT2D eigenvalue weighted by molar-refractivity contribution is -0.120. The highest BCUT2D eigenvalue weighted by Gasteiger charge is 2.49. The molecule has 0 saturated heterocycles. The molecule has 9 heteroatoms. The topological polar surface area (TPSA) is 75.7 Å². The fourth-order valence-electron chi connectivity index (χ4n) is 6.29. The molecule has 216 valence electrons. The summed E-state index contributed by atoms with van der Waals surface area (Å²) in [6.07, 6.45) is 2.24. The predicted octanol–water partition coefficient (Wildman–Crippen LogP) is 8.20. The maximum atomic E-state index is 13.9. The summed E-state index contributed by atoms with van der Waals surface area (Å²) in [5, 5.41) is 3.39. The van der Waals surface area contributed by atoms with Crippen molar-refractivity contribution in [3.05, 3.63) is 78.5 Å². The minimum Gasteiger partial charge on any atom is -0.482 e. The second-order valence-electron chi connectivity index (χ2n) is 12.7. The normalized spacial score (nSPS) is 20.1. The Morgan fingerprint density at radius 1 is 0.951 bits per heavy atom. The van der Waals surface area contributed by atoms with Gasteiger partial charge in [0.15, 0.2) is 18.2 Å². The molecule has 1 heterocycles. The third-order valence-electron chi connectivity index (χ3n) is 8.00. The Labute approximate surface area is 262 Å². The first kappa shape index (κ1) is 30.1. The Morgan fingerprint density at radius 2 is 1.49 bits per heavy atom. The van der Waals surface area contributed by atoms with Crippen LogP contribution in [-0.4, -0.2) is 36.0 Å². The van der Waals surface area contributed by atoms with Crippen molar-refractivity contribution in [3.8, 4) is 5.75 Å². The van der Waals surface area contributed by atoms with Crippen LogP contribution in [0.2, 0.25) is 5.02 Å². The van der Waals surface area contributed by atoms with Crippen LogP contribution in [0.4, 0.5) is 5.69 Å². The maximum Gasteiger partial charge on any atom is 0.262 e. The van der Waals surface area contributed by atoms with Gasteiger partial charge < -0.3 is 15.0 Å². The molecule has 1 aliphatic heterocycles. The van der Waals surface area contributed by atoms with Crippen LogP contribution in [0.15, 0.2) is 67.9 Å². The van der Waals surface area contributed by atoms with Gasteiger partial charge in [0, 0.05) is 69.1 Å². The molecule has 0 radical (unpaired) electrons. The first-order chi connectivity index (χ1) is 19.2. The smallest absolute Gasteiger partial charge is 0.262 e. The summed E-state index contributed by atoms with van der Waals surface area (Å²) in [5.41, 5.74) is 4.11. The van der Waals surface area contributed by atoms with E-state index in [1.54, 1.807) is 24.3 Å². The highest BCUT2D eigenvalue weighted by Crippen LogP contribution is 2.56. The number of rotatable bonds is 5. The number of hydrogen-bond donors (Lipinski definition) is 1. The molecular weight excluding hydrogens is 672 g/mol. The number of ketones is 2. The number of nitrogens with one attached hydrogen (secondary N) is 1. The minimum absolute atomic E-state index is 0.0415. The third-order valence-corrected chi connectivity index (χ3v) is 9.30. The van der Waals surface area contributed by atoms with Gasteiger partial charge >= 0.3 is 0 Å². The van der Waals surface area contributed by atoms with E-state index in [1.807, 2.05) is 19.2 Å². The van der Waals surface area contributed by atoms with Gasteiger partial charge in [-0.3, -0.25) is 14.4 Å². The van der Waals surface area contributed by atoms with Gasteiger partial charge in [-0.15, -0.1) is 0 Å². The van der Waals surface area contributed by atoms with Crippen molar-refractivity contribution in [3.63, 3.8) is 0 Å². The van der Waals surface area contributed by atoms with Gasteiger partial charge in [0.25, 0.3) is 5.91 Å². The molecule has 0 atom stereocenters. The average molecular weight is 705 g/mol. The van der Waals surface area contributed by atoms with E-state index in [4.69, 9.17) is 16.3 Å². The van der Waals surface area contributed by atoms with E-state index in [0.29, 0.717) is 50.5 Å². The van der Waals surface area contributed by atoms with Crippen molar-refractivity contribution in [1.29, 1.82) is 0 Å². The van der Waals surface area contributed by atoms with Crippen LogP contribution in [0.5, 0.6) is 5.75 Å². The lowest BCUT2D eigenvalue weighted by atomic mass is 9.63. The van der Waals surface area contributed by atoms with Crippen LogP contribution < -0.4 is 10.1 Å². The summed E-state index contributed by atoms with van der Waals surface area (Å²) >= 11 is 13.2. The molecule has 0 fully saturated rings. The summed E-state index contributed by atoms with van der Waals surface area (Å²) in [5.74, 6) is -0.420. The quantitative estimate of drug-likeness (QED) is 0.340. The van der Waals surface area contributed by atoms with Crippen molar-refractivity contribution in [2.75, 3.05) is 19.0 Å². The van der Waals surface area contributed by atoms with Crippen LogP contribution in [0, 0.1) is 10.8 Å².